The van der Waals surface area contributed by atoms with Crippen molar-refractivity contribution in [3.63, 3.8) is 0 Å². The van der Waals surface area contributed by atoms with Crippen molar-refractivity contribution in [2.24, 2.45) is 5.92 Å². The molecule has 2 unspecified atom stereocenters. The molecule has 1 aromatic rings. The van der Waals surface area contributed by atoms with Crippen LogP contribution in [0.2, 0.25) is 0 Å². The lowest BCUT2D eigenvalue weighted by atomic mass is 9.88. The Morgan fingerprint density at radius 1 is 1.45 bits per heavy atom. The Kier molecular flexibility index (Phi) is 4.53. The summed E-state index contributed by atoms with van der Waals surface area (Å²) < 4.78 is 10.7. The number of methoxy groups -OCH3 is 1. The van der Waals surface area contributed by atoms with E-state index in [1.54, 1.807) is 7.11 Å². The van der Waals surface area contributed by atoms with Crippen LogP contribution in [0.25, 0.3) is 0 Å². The number of rotatable bonds is 5. The maximum atomic E-state index is 12.5. The van der Waals surface area contributed by atoms with Gasteiger partial charge in [0.05, 0.1) is 19.4 Å². The molecule has 0 amide bonds. The van der Waals surface area contributed by atoms with Gasteiger partial charge in [0.2, 0.25) is 0 Å². The molecule has 2 atom stereocenters. The van der Waals surface area contributed by atoms with Gasteiger partial charge in [-0.25, -0.2) is 4.79 Å². The van der Waals surface area contributed by atoms with Crippen molar-refractivity contribution >= 4 is 11.7 Å². The number of benzene rings is 1. The van der Waals surface area contributed by atoms with Crippen LogP contribution in [-0.4, -0.2) is 25.2 Å². The second-order valence-electron chi connectivity index (χ2n) is 5.31. The van der Waals surface area contributed by atoms with Crippen molar-refractivity contribution in [1.82, 2.24) is 0 Å². The monoisotopic (exact) mass is 277 g/mol. The van der Waals surface area contributed by atoms with E-state index in [2.05, 4.69) is 12.2 Å². The zero-order valence-corrected chi connectivity index (χ0v) is 12.4. The van der Waals surface area contributed by atoms with Crippen LogP contribution in [0.5, 0.6) is 5.75 Å². The molecule has 0 radical (unpaired) electrons. The van der Waals surface area contributed by atoms with Gasteiger partial charge in [0.15, 0.2) is 0 Å². The van der Waals surface area contributed by atoms with Crippen molar-refractivity contribution in [2.75, 3.05) is 19.0 Å². The Balaban J connectivity index is 2.31. The van der Waals surface area contributed by atoms with E-state index in [1.165, 1.54) is 0 Å². The summed E-state index contributed by atoms with van der Waals surface area (Å²) in [6.07, 6.45) is 2.86. The lowest BCUT2D eigenvalue weighted by molar-refractivity contribution is -0.149. The first-order valence-electron chi connectivity index (χ1n) is 7.22. The highest BCUT2D eigenvalue weighted by molar-refractivity contribution is 5.86. The zero-order chi connectivity index (χ0) is 14.6. The molecule has 1 fully saturated rings. The van der Waals surface area contributed by atoms with E-state index in [0.717, 1.165) is 30.7 Å². The molecule has 1 aliphatic rings. The van der Waals surface area contributed by atoms with E-state index in [-0.39, 0.29) is 11.9 Å². The topological polar surface area (TPSA) is 47.6 Å². The number of esters is 1. The van der Waals surface area contributed by atoms with E-state index in [4.69, 9.17) is 9.47 Å². The summed E-state index contributed by atoms with van der Waals surface area (Å²) >= 11 is 0. The summed E-state index contributed by atoms with van der Waals surface area (Å²) in [7, 11) is 1.63. The minimum atomic E-state index is -0.634. The predicted octanol–water partition coefficient (Wildman–Crippen LogP) is 3.23. The van der Waals surface area contributed by atoms with Gasteiger partial charge in [-0.1, -0.05) is 25.5 Å². The zero-order valence-electron chi connectivity index (χ0n) is 12.4. The molecule has 0 bridgehead atoms. The van der Waals surface area contributed by atoms with Crippen LogP contribution in [0.4, 0.5) is 5.69 Å². The van der Waals surface area contributed by atoms with Gasteiger partial charge in [-0.05, 0) is 37.8 Å². The summed E-state index contributed by atoms with van der Waals surface area (Å²) in [5.41, 5.74) is 0.210. The molecule has 20 heavy (non-hydrogen) atoms. The maximum Gasteiger partial charge on any atom is 0.332 e. The molecule has 1 saturated carbocycles. The molecule has 0 heterocycles. The fourth-order valence-electron chi connectivity index (χ4n) is 2.97. The maximum absolute atomic E-state index is 12.5. The first-order chi connectivity index (χ1) is 9.64. The summed E-state index contributed by atoms with van der Waals surface area (Å²) in [6, 6.07) is 7.67. The van der Waals surface area contributed by atoms with Gasteiger partial charge in [-0.15, -0.1) is 0 Å². The Hall–Kier alpha value is -1.71. The number of nitrogens with one attached hydrogen (secondary N) is 1. The SMILES string of the molecule is CCOC(=O)C1(Nc2ccccc2OC)CCCC1C. The summed E-state index contributed by atoms with van der Waals surface area (Å²) in [5, 5.41) is 3.41. The number of ether oxygens (including phenoxy) is 2. The summed E-state index contributed by atoms with van der Waals surface area (Å²) in [5.74, 6) is 0.831. The van der Waals surface area contributed by atoms with Gasteiger partial charge in [0.25, 0.3) is 0 Å². The standard InChI is InChI=1S/C16H23NO3/c1-4-20-15(18)16(11-7-8-12(16)2)17-13-9-5-6-10-14(13)19-3/h5-6,9-10,12,17H,4,7-8,11H2,1-3H3. The van der Waals surface area contributed by atoms with E-state index in [9.17, 15) is 4.79 Å². The van der Waals surface area contributed by atoms with Crippen LogP contribution in [0, 0.1) is 5.92 Å². The number of hydrogen-bond acceptors (Lipinski definition) is 4. The third-order valence-corrected chi connectivity index (χ3v) is 4.15. The normalized spacial score (nSPS) is 25.2. The largest absolute Gasteiger partial charge is 0.495 e. The number of para-hydroxylation sites is 2. The summed E-state index contributed by atoms with van der Waals surface area (Å²) in [6.45, 7) is 4.35. The molecular weight excluding hydrogens is 254 g/mol. The molecule has 0 aliphatic heterocycles. The number of carbonyl (C=O) groups excluding carboxylic acids is 1. The smallest absolute Gasteiger partial charge is 0.332 e. The third-order valence-electron chi connectivity index (χ3n) is 4.15. The van der Waals surface area contributed by atoms with E-state index in [1.807, 2.05) is 31.2 Å². The van der Waals surface area contributed by atoms with Crippen LogP contribution in [0.1, 0.15) is 33.1 Å². The quantitative estimate of drug-likeness (QED) is 0.839. The average Bonchev–Trinajstić information content (AvgIpc) is 2.82. The van der Waals surface area contributed by atoms with Gasteiger partial charge < -0.3 is 14.8 Å². The summed E-state index contributed by atoms with van der Waals surface area (Å²) in [4.78, 5) is 12.5. The van der Waals surface area contributed by atoms with Crippen LogP contribution in [-0.2, 0) is 9.53 Å². The highest BCUT2D eigenvalue weighted by Gasteiger charge is 2.48. The molecule has 0 spiro atoms. The average molecular weight is 277 g/mol. The predicted molar refractivity (Wildman–Crippen MR) is 79.0 cm³/mol. The van der Waals surface area contributed by atoms with Crippen molar-refractivity contribution in [3.8, 4) is 5.75 Å². The highest BCUT2D eigenvalue weighted by atomic mass is 16.5. The van der Waals surface area contributed by atoms with Crippen molar-refractivity contribution in [1.29, 1.82) is 0 Å². The fraction of sp³-hybridized carbons (Fsp3) is 0.562. The lowest BCUT2D eigenvalue weighted by Gasteiger charge is -2.33. The molecule has 2 rings (SSSR count). The van der Waals surface area contributed by atoms with E-state index >= 15 is 0 Å². The fourth-order valence-corrected chi connectivity index (χ4v) is 2.97. The molecule has 0 aromatic heterocycles. The van der Waals surface area contributed by atoms with Crippen LogP contribution in [0.3, 0.4) is 0 Å². The molecule has 1 N–H and O–H groups in total. The Morgan fingerprint density at radius 3 is 2.80 bits per heavy atom. The number of carbonyl (C=O) groups is 1. The van der Waals surface area contributed by atoms with Gasteiger partial charge in [-0.3, -0.25) is 0 Å². The molecule has 110 valence electrons. The third kappa shape index (κ3) is 2.60. The van der Waals surface area contributed by atoms with Crippen molar-refractivity contribution in [2.45, 2.75) is 38.6 Å². The van der Waals surface area contributed by atoms with Gasteiger partial charge in [-0.2, -0.15) is 0 Å². The van der Waals surface area contributed by atoms with Gasteiger partial charge in [0.1, 0.15) is 11.3 Å². The molecule has 0 saturated heterocycles. The molecular formula is C16H23NO3. The second kappa shape index (κ2) is 6.16. The number of hydrogen-bond donors (Lipinski definition) is 1. The van der Waals surface area contributed by atoms with Gasteiger partial charge in [0, 0.05) is 0 Å². The Morgan fingerprint density at radius 2 is 2.20 bits per heavy atom. The van der Waals surface area contributed by atoms with E-state index in [0.29, 0.717) is 6.61 Å². The second-order valence-corrected chi connectivity index (χ2v) is 5.31. The molecule has 1 aliphatic carbocycles. The van der Waals surface area contributed by atoms with Crippen molar-refractivity contribution < 1.29 is 14.3 Å². The van der Waals surface area contributed by atoms with Crippen molar-refractivity contribution in [3.05, 3.63) is 24.3 Å². The lowest BCUT2D eigenvalue weighted by Crippen LogP contribution is -2.49. The molecule has 1 aromatic carbocycles. The van der Waals surface area contributed by atoms with Crippen LogP contribution >= 0.6 is 0 Å². The minimum Gasteiger partial charge on any atom is -0.495 e. The Labute approximate surface area is 120 Å². The minimum absolute atomic E-state index is 0.157. The first kappa shape index (κ1) is 14.7. The highest BCUT2D eigenvalue weighted by Crippen LogP contribution is 2.41. The molecule has 4 heteroatoms. The van der Waals surface area contributed by atoms with Crippen LogP contribution < -0.4 is 10.1 Å². The number of anilines is 1. The van der Waals surface area contributed by atoms with Crippen LogP contribution in [0.15, 0.2) is 24.3 Å². The molecule has 4 nitrogen and oxygen atoms in total. The van der Waals surface area contributed by atoms with Gasteiger partial charge >= 0.3 is 5.97 Å². The Bertz CT molecular complexity index is 475. The van der Waals surface area contributed by atoms with E-state index < -0.39 is 5.54 Å². The first-order valence-corrected chi connectivity index (χ1v) is 7.22.